The van der Waals surface area contributed by atoms with Crippen molar-refractivity contribution in [1.82, 2.24) is 14.4 Å². The van der Waals surface area contributed by atoms with Gasteiger partial charge in [0.25, 0.3) is 0 Å². The fraction of sp³-hybridized carbons (Fsp3) is 0.100. The maximum atomic E-state index is 4.80. The molecule has 0 saturated heterocycles. The van der Waals surface area contributed by atoms with E-state index in [1.165, 1.54) is 11.1 Å². The summed E-state index contributed by atoms with van der Waals surface area (Å²) in [5.74, 6) is 0.932. The van der Waals surface area contributed by atoms with Crippen molar-refractivity contribution in [2.24, 2.45) is 0 Å². The summed E-state index contributed by atoms with van der Waals surface area (Å²) >= 11 is 3.46. The van der Waals surface area contributed by atoms with E-state index < -0.39 is 0 Å². The molecule has 25 heavy (non-hydrogen) atoms. The fourth-order valence-electron chi connectivity index (χ4n) is 2.98. The number of benzene rings is 2. The molecule has 0 bridgehead atoms. The van der Waals surface area contributed by atoms with E-state index in [0.717, 1.165) is 33.0 Å². The zero-order valence-corrected chi connectivity index (χ0v) is 15.6. The van der Waals surface area contributed by atoms with Crippen LogP contribution in [-0.4, -0.2) is 14.4 Å². The van der Waals surface area contributed by atoms with Crippen molar-refractivity contribution >= 4 is 33.1 Å². The Morgan fingerprint density at radius 2 is 1.68 bits per heavy atom. The summed E-state index contributed by atoms with van der Waals surface area (Å²) in [5, 5.41) is 3.61. The lowest BCUT2D eigenvalue weighted by Gasteiger charge is -2.14. The predicted octanol–water partition coefficient (Wildman–Crippen LogP) is 5.52. The first kappa shape index (κ1) is 15.8. The van der Waals surface area contributed by atoms with E-state index in [2.05, 4.69) is 70.4 Å². The number of rotatable bonds is 3. The molecule has 124 valence electrons. The van der Waals surface area contributed by atoms with E-state index in [4.69, 9.17) is 4.98 Å². The molecule has 0 fully saturated rings. The average Bonchev–Trinajstić information content (AvgIpc) is 2.97. The maximum absolute atomic E-state index is 4.80. The molecule has 2 aromatic carbocycles. The Balaban J connectivity index is 1.96. The number of anilines is 2. The molecular formula is C20H17BrN4. The first-order valence-electron chi connectivity index (χ1n) is 8.06. The van der Waals surface area contributed by atoms with Gasteiger partial charge in [-0.1, -0.05) is 48.5 Å². The molecule has 1 N–H and O–H groups in total. The molecule has 0 aliphatic carbocycles. The number of hydrogen-bond acceptors (Lipinski definition) is 3. The number of nitrogens with one attached hydrogen (secondary N) is 1. The summed E-state index contributed by atoms with van der Waals surface area (Å²) in [6, 6.07) is 16.5. The highest BCUT2D eigenvalue weighted by Crippen LogP contribution is 2.33. The van der Waals surface area contributed by atoms with Crippen LogP contribution in [0.1, 0.15) is 11.1 Å². The van der Waals surface area contributed by atoms with Crippen LogP contribution in [0.25, 0.3) is 16.9 Å². The number of nitrogens with zero attached hydrogens (tertiary/aromatic N) is 3. The van der Waals surface area contributed by atoms with Crippen molar-refractivity contribution in [1.29, 1.82) is 0 Å². The molecule has 2 aromatic heterocycles. The number of hydrogen-bond donors (Lipinski definition) is 1. The summed E-state index contributed by atoms with van der Waals surface area (Å²) in [7, 11) is 0. The van der Waals surface area contributed by atoms with Gasteiger partial charge >= 0.3 is 0 Å². The second-order valence-electron chi connectivity index (χ2n) is 6.01. The summed E-state index contributed by atoms with van der Waals surface area (Å²) in [6.07, 6.45) is 3.71. The van der Waals surface area contributed by atoms with Crippen molar-refractivity contribution in [3.8, 4) is 11.3 Å². The number of halogens is 1. The summed E-state index contributed by atoms with van der Waals surface area (Å²) in [6.45, 7) is 4.22. The van der Waals surface area contributed by atoms with E-state index in [9.17, 15) is 0 Å². The monoisotopic (exact) mass is 392 g/mol. The van der Waals surface area contributed by atoms with Crippen molar-refractivity contribution < 1.29 is 0 Å². The summed E-state index contributed by atoms with van der Waals surface area (Å²) in [5.41, 5.74) is 6.27. The minimum Gasteiger partial charge on any atom is -0.339 e. The first-order valence-corrected chi connectivity index (χ1v) is 8.85. The zero-order valence-electron chi connectivity index (χ0n) is 14.0. The zero-order chi connectivity index (χ0) is 17.4. The number of imidazole rings is 1. The minimum absolute atomic E-state index is 0.765. The Bertz CT molecular complexity index is 1030. The predicted molar refractivity (Wildman–Crippen MR) is 105 cm³/mol. The Kier molecular flexibility index (Phi) is 4.01. The quantitative estimate of drug-likeness (QED) is 0.499. The number of aryl methyl sites for hydroxylation is 2. The normalized spacial score (nSPS) is 11.0. The summed E-state index contributed by atoms with van der Waals surface area (Å²) in [4.78, 5) is 9.10. The fourth-order valence-corrected chi connectivity index (χ4v) is 3.28. The van der Waals surface area contributed by atoms with E-state index in [-0.39, 0.29) is 0 Å². The lowest BCUT2D eigenvalue weighted by Crippen LogP contribution is -2.01. The molecule has 0 spiro atoms. The standard InChI is InChI=1S/C20H17BrN4/c1-13-7-6-8-14(2)18(13)24-20-19(15-9-4-3-5-10-15)23-17-11-22-16(21)12-25(17)20/h3-12,24H,1-2H3. The van der Waals surface area contributed by atoms with Crippen molar-refractivity contribution in [3.05, 3.63) is 76.7 Å². The van der Waals surface area contributed by atoms with Crippen molar-refractivity contribution in [2.75, 3.05) is 5.32 Å². The molecule has 4 aromatic rings. The van der Waals surface area contributed by atoms with Crippen molar-refractivity contribution in [2.45, 2.75) is 13.8 Å². The van der Waals surface area contributed by atoms with Crippen LogP contribution in [-0.2, 0) is 0 Å². The molecular weight excluding hydrogens is 376 g/mol. The van der Waals surface area contributed by atoms with Crippen LogP contribution in [0.4, 0.5) is 11.5 Å². The molecule has 2 heterocycles. The van der Waals surface area contributed by atoms with E-state index in [0.29, 0.717) is 0 Å². The molecule has 0 radical (unpaired) electrons. The lowest BCUT2D eigenvalue weighted by atomic mass is 10.1. The number of fused-ring (bicyclic) bond motifs is 1. The molecule has 0 saturated carbocycles. The molecule has 0 aliphatic heterocycles. The molecule has 5 heteroatoms. The molecule has 0 atom stereocenters. The maximum Gasteiger partial charge on any atom is 0.157 e. The van der Waals surface area contributed by atoms with Gasteiger partial charge in [0.2, 0.25) is 0 Å². The molecule has 0 aliphatic rings. The van der Waals surface area contributed by atoms with Gasteiger partial charge in [0.1, 0.15) is 16.1 Å². The second kappa shape index (κ2) is 6.33. The van der Waals surface area contributed by atoms with Crippen LogP contribution in [0.2, 0.25) is 0 Å². The van der Waals surface area contributed by atoms with Gasteiger partial charge in [0, 0.05) is 17.4 Å². The van der Waals surface area contributed by atoms with Crippen LogP contribution >= 0.6 is 15.9 Å². The third kappa shape index (κ3) is 2.91. The Morgan fingerprint density at radius 3 is 2.40 bits per heavy atom. The highest BCUT2D eigenvalue weighted by molar-refractivity contribution is 9.10. The van der Waals surface area contributed by atoms with Gasteiger partial charge in [-0.2, -0.15) is 0 Å². The van der Waals surface area contributed by atoms with Gasteiger partial charge in [-0.05, 0) is 40.9 Å². The number of para-hydroxylation sites is 1. The topological polar surface area (TPSA) is 42.2 Å². The van der Waals surface area contributed by atoms with Gasteiger partial charge < -0.3 is 5.32 Å². The smallest absolute Gasteiger partial charge is 0.157 e. The third-order valence-corrected chi connectivity index (χ3v) is 4.66. The third-order valence-electron chi connectivity index (χ3n) is 4.25. The Hall–Kier alpha value is -2.66. The molecule has 4 rings (SSSR count). The van der Waals surface area contributed by atoms with Crippen LogP contribution < -0.4 is 5.32 Å². The average molecular weight is 393 g/mol. The largest absolute Gasteiger partial charge is 0.339 e. The van der Waals surface area contributed by atoms with Gasteiger partial charge in [0.05, 0.1) is 6.20 Å². The SMILES string of the molecule is Cc1cccc(C)c1Nc1c(-c2ccccc2)nc2cnc(Br)cn12. The Morgan fingerprint density at radius 1 is 0.960 bits per heavy atom. The number of aromatic nitrogens is 3. The molecule has 0 unspecified atom stereocenters. The van der Waals surface area contributed by atoms with Crippen LogP contribution in [0, 0.1) is 13.8 Å². The molecule has 0 amide bonds. The second-order valence-corrected chi connectivity index (χ2v) is 6.82. The van der Waals surface area contributed by atoms with Gasteiger partial charge in [-0.15, -0.1) is 0 Å². The van der Waals surface area contributed by atoms with E-state index in [1.807, 2.05) is 28.8 Å². The van der Waals surface area contributed by atoms with Crippen LogP contribution in [0.3, 0.4) is 0 Å². The van der Waals surface area contributed by atoms with Crippen molar-refractivity contribution in [3.63, 3.8) is 0 Å². The van der Waals surface area contributed by atoms with E-state index >= 15 is 0 Å². The first-order chi connectivity index (χ1) is 12.1. The Labute approximate surface area is 154 Å². The van der Waals surface area contributed by atoms with Crippen LogP contribution in [0.15, 0.2) is 65.5 Å². The van der Waals surface area contributed by atoms with Crippen LogP contribution in [0.5, 0.6) is 0 Å². The highest BCUT2D eigenvalue weighted by Gasteiger charge is 2.16. The van der Waals surface area contributed by atoms with Gasteiger partial charge in [-0.25, -0.2) is 9.97 Å². The van der Waals surface area contributed by atoms with E-state index in [1.54, 1.807) is 6.20 Å². The van der Waals surface area contributed by atoms with Gasteiger partial charge in [-0.3, -0.25) is 4.40 Å². The summed E-state index contributed by atoms with van der Waals surface area (Å²) < 4.78 is 2.80. The minimum atomic E-state index is 0.765. The highest BCUT2D eigenvalue weighted by atomic mass is 79.9. The molecule has 4 nitrogen and oxygen atoms in total. The lowest BCUT2D eigenvalue weighted by molar-refractivity contribution is 1.10. The van der Waals surface area contributed by atoms with Gasteiger partial charge in [0.15, 0.2) is 5.65 Å².